The van der Waals surface area contributed by atoms with Crippen molar-refractivity contribution in [3.63, 3.8) is 0 Å². The van der Waals surface area contributed by atoms with E-state index in [1.807, 2.05) is 80.6 Å². The minimum Gasteiger partial charge on any atom is -0.490 e. The summed E-state index contributed by atoms with van der Waals surface area (Å²) in [5, 5.41) is 1.95. The van der Waals surface area contributed by atoms with E-state index in [0.29, 0.717) is 33.0 Å². The van der Waals surface area contributed by atoms with Gasteiger partial charge < -0.3 is 14.2 Å². The molecule has 1 aliphatic rings. The number of nitrogens with zero attached hydrogens (tertiary/aromatic N) is 2. The molecule has 8 heteroatoms. The fraction of sp³-hybridized carbons (Fsp3) is 0.242. The average molecular weight is 569 g/mol. The number of allylic oxidation sites excluding steroid dienone is 1. The standard InChI is InChI=1S/C33H32N2O5S/c1-6-18-39-24-15-12-22(13-16-24)30-29(32(37)38-7-2)21(5)34-33-35(30)31(36)28(41-33)19-23-14-17-27(40-20(3)4)26-11-9-8-10-25(23)26/h6,8-17,19-20,30H,1,7,18H2,2-5H3/b28-19+/t30-/m0/s1. The predicted molar refractivity (Wildman–Crippen MR) is 162 cm³/mol. The number of aromatic nitrogens is 1. The van der Waals surface area contributed by atoms with Crippen LogP contribution in [0.1, 0.15) is 44.9 Å². The van der Waals surface area contributed by atoms with Gasteiger partial charge in [0.25, 0.3) is 5.56 Å². The van der Waals surface area contributed by atoms with Crippen molar-refractivity contribution in [2.24, 2.45) is 4.99 Å². The molecule has 0 spiro atoms. The highest BCUT2D eigenvalue weighted by Crippen LogP contribution is 2.32. The second kappa shape index (κ2) is 12.0. The van der Waals surface area contributed by atoms with E-state index < -0.39 is 12.0 Å². The van der Waals surface area contributed by atoms with Crippen molar-refractivity contribution in [1.29, 1.82) is 0 Å². The number of hydrogen-bond donors (Lipinski definition) is 0. The van der Waals surface area contributed by atoms with E-state index in [-0.39, 0.29) is 18.3 Å². The van der Waals surface area contributed by atoms with E-state index in [1.165, 1.54) is 11.3 Å². The van der Waals surface area contributed by atoms with Gasteiger partial charge in [0.15, 0.2) is 4.80 Å². The first-order valence-corrected chi connectivity index (χ1v) is 14.4. The van der Waals surface area contributed by atoms with Crippen molar-refractivity contribution in [2.45, 2.75) is 39.8 Å². The molecule has 0 bridgehead atoms. The topological polar surface area (TPSA) is 79.1 Å². The van der Waals surface area contributed by atoms with E-state index in [4.69, 9.17) is 14.2 Å². The number of carbonyl (C=O) groups excluding carboxylic acids is 1. The smallest absolute Gasteiger partial charge is 0.338 e. The third-order valence-electron chi connectivity index (χ3n) is 6.65. The van der Waals surface area contributed by atoms with Crippen LogP contribution < -0.4 is 24.4 Å². The number of rotatable bonds is 9. The molecule has 4 aromatic rings. The maximum absolute atomic E-state index is 14.0. The molecule has 5 rings (SSSR count). The monoisotopic (exact) mass is 568 g/mol. The van der Waals surface area contributed by atoms with Crippen molar-refractivity contribution in [3.05, 3.63) is 115 Å². The summed E-state index contributed by atoms with van der Waals surface area (Å²) in [6, 6.07) is 18.5. The molecule has 0 aliphatic carbocycles. The first-order valence-electron chi connectivity index (χ1n) is 13.5. The normalized spacial score (nSPS) is 15.0. The third-order valence-corrected chi connectivity index (χ3v) is 7.63. The molecule has 7 nitrogen and oxygen atoms in total. The zero-order valence-electron chi connectivity index (χ0n) is 23.5. The maximum Gasteiger partial charge on any atom is 0.338 e. The second-order valence-corrected chi connectivity index (χ2v) is 10.8. The molecule has 0 unspecified atom stereocenters. The number of fused-ring (bicyclic) bond motifs is 2. The van der Waals surface area contributed by atoms with Crippen LogP contribution in [-0.2, 0) is 9.53 Å². The number of carbonyl (C=O) groups is 1. The summed E-state index contributed by atoms with van der Waals surface area (Å²) in [5.74, 6) is 0.965. The zero-order chi connectivity index (χ0) is 29.1. The summed E-state index contributed by atoms with van der Waals surface area (Å²) in [7, 11) is 0. The summed E-state index contributed by atoms with van der Waals surface area (Å²) in [6.07, 6.45) is 3.59. The van der Waals surface area contributed by atoms with Crippen molar-refractivity contribution in [3.8, 4) is 11.5 Å². The highest BCUT2D eigenvalue weighted by molar-refractivity contribution is 7.07. The molecule has 0 fully saturated rings. The van der Waals surface area contributed by atoms with E-state index in [9.17, 15) is 9.59 Å². The van der Waals surface area contributed by atoms with Gasteiger partial charge in [-0.15, -0.1) is 0 Å². The van der Waals surface area contributed by atoms with Gasteiger partial charge in [-0.1, -0.05) is 66.5 Å². The molecule has 0 saturated carbocycles. The summed E-state index contributed by atoms with van der Waals surface area (Å²) in [6.45, 7) is 11.8. The molecule has 41 heavy (non-hydrogen) atoms. The number of thiazole rings is 1. The molecule has 210 valence electrons. The van der Waals surface area contributed by atoms with E-state index in [1.54, 1.807) is 24.5 Å². The zero-order valence-corrected chi connectivity index (χ0v) is 24.4. The van der Waals surface area contributed by atoms with Crippen LogP contribution in [-0.4, -0.2) is 29.9 Å². The summed E-state index contributed by atoms with van der Waals surface area (Å²) < 4.78 is 19.2. The Morgan fingerprint density at radius 3 is 2.51 bits per heavy atom. The minimum absolute atomic E-state index is 0.0346. The number of esters is 1. The Morgan fingerprint density at radius 2 is 1.83 bits per heavy atom. The second-order valence-electron chi connectivity index (χ2n) is 9.84. The van der Waals surface area contributed by atoms with Crippen molar-refractivity contribution in [2.75, 3.05) is 13.2 Å². The molecular formula is C33H32N2O5S. The van der Waals surface area contributed by atoms with Gasteiger partial charge in [-0.3, -0.25) is 9.36 Å². The first kappa shape index (κ1) is 28.1. The van der Waals surface area contributed by atoms with Crippen LogP contribution in [0.5, 0.6) is 11.5 Å². The molecule has 2 heterocycles. The molecule has 0 amide bonds. The predicted octanol–water partition coefficient (Wildman–Crippen LogP) is 5.30. The lowest BCUT2D eigenvalue weighted by molar-refractivity contribution is -0.139. The maximum atomic E-state index is 14.0. The lowest BCUT2D eigenvalue weighted by Crippen LogP contribution is -2.39. The lowest BCUT2D eigenvalue weighted by atomic mass is 9.96. The van der Waals surface area contributed by atoms with Crippen LogP contribution in [0.2, 0.25) is 0 Å². The Morgan fingerprint density at radius 1 is 1.10 bits per heavy atom. The largest absolute Gasteiger partial charge is 0.490 e. The number of hydrogen-bond acceptors (Lipinski definition) is 7. The Balaban J connectivity index is 1.67. The minimum atomic E-state index is -0.695. The van der Waals surface area contributed by atoms with Gasteiger partial charge in [-0.05, 0) is 68.5 Å². The summed E-state index contributed by atoms with van der Waals surface area (Å²) in [4.78, 5) is 32.4. The number of ether oxygens (including phenoxy) is 3. The molecule has 0 N–H and O–H groups in total. The van der Waals surface area contributed by atoms with Crippen molar-refractivity contribution in [1.82, 2.24) is 4.57 Å². The molecule has 1 atom stereocenters. The van der Waals surface area contributed by atoms with Crippen LogP contribution in [0.15, 0.2) is 94.4 Å². The molecular weight excluding hydrogens is 536 g/mol. The van der Waals surface area contributed by atoms with Crippen LogP contribution >= 0.6 is 11.3 Å². The van der Waals surface area contributed by atoms with Gasteiger partial charge in [0, 0.05) is 5.39 Å². The van der Waals surface area contributed by atoms with E-state index in [2.05, 4.69) is 11.6 Å². The average Bonchev–Trinajstić information content (AvgIpc) is 3.26. The lowest BCUT2D eigenvalue weighted by Gasteiger charge is -2.24. The Bertz CT molecular complexity index is 1830. The van der Waals surface area contributed by atoms with Gasteiger partial charge in [0.2, 0.25) is 0 Å². The molecule has 3 aromatic carbocycles. The molecule has 0 saturated heterocycles. The molecule has 1 aliphatic heterocycles. The van der Waals surface area contributed by atoms with Gasteiger partial charge in [0.1, 0.15) is 18.1 Å². The van der Waals surface area contributed by atoms with Gasteiger partial charge in [0.05, 0.1) is 34.6 Å². The number of benzene rings is 3. The van der Waals surface area contributed by atoms with Gasteiger partial charge in [-0.2, -0.15) is 0 Å². The van der Waals surface area contributed by atoms with Crippen LogP contribution in [0.3, 0.4) is 0 Å². The van der Waals surface area contributed by atoms with Crippen LogP contribution in [0.25, 0.3) is 16.8 Å². The van der Waals surface area contributed by atoms with Crippen molar-refractivity contribution < 1.29 is 19.0 Å². The molecule has 0 radical (unpaired) electrons. The summed E-state index contributed by atoms with van der Waals surface area (Å²) in [5.41, 5.74) is 2.27. The fourth-order valence-electron chi connectivity index (χ4n) is 4.93. The highest BCUT2D eigenvalue weighted by Gasteiger charge is 2.33. The summed E-state index contributed by atoms with van der Waals surface area (Å²) >= 11 is 1.30. The Labute approximate surface area is 242 Å². The fourth-order valence-corrected chi connectivity index (χ4v) is 5.96. The van der Waals surface area contributed by atoms with Gasteiger partial charge in [-0.25, -0.2) is 9.79 Å². The first-order chi connectivity index (χ1) is 19.8. The van der Waals surface area contributed by atoms with E-state index in [0.717, 1.165) is 27.6 Å². The third kappa shape index (κ3) is 5.60. The van der Waals surface area contributed by atoms with Crippen LogP contribution in [0.4, 0.5) is 0 Å². The van der Waals surface area contributed by atoms with Crippen LogP contribution in [0, 0.1) is 0 Å². The highest BCUT2D eigenvalue weighted by atomic mass is 32.1. The van der Waals surface area contributed by atoms with E-state index >= 15 is 0 Å². The van der Waals surface area contributed by atoms with Gasteiger partial charge >= 0.3 is 5.97 Å². The Kier molecular flexibility index (Phi) is 8.21. The quantitative estimate of drug-likeness (QED) is 0.202. The van der Waals surface area contributed by atoms with Crippen molar-refractivity contribution >= 4 is 34.2 Å². The Hall–Kier alpha value is -4.43. The molecule has 1 aromatic heterocycles. The SMILES string of the molecule is C=CCOc1ccc([C@H]2C(C(=O)OCC)=C(C)N=c3s/c(=C/c4ccc(OC(C)C)c5ccccc45)c(=O)n32)cc1.